The highest BCUT2D eigenvalue weighted by atomic mass is 32.2. The molecule has 2 aromatic carbocycles. The Kier molecular flexibility index (Phi) is 4.26. The van der Waals surface area contributed by atoms with Crippen molar-refractivity contribution in [2.24, 2.45) is 10.1 Å². The topological polar surface area (TPSA) is 68.9 Å². The molecule has 0 fully saturated rings. The minimum atomic E-state index is -0.398. The molecule has 2 heterocycles. The number of carbonyl (C=O) groups is 1. The first-order chi connectivity index (χ1) is 12.6. The van der Waals surface area contributed by atoms with Crippen molar-refractivity contribution < 1.29 is 4.79 Å². The number of nitrogens with zero attached hydrogens (tertiary/aromatic N) is 3. The van der Waals surface area contributed by atoms with Crippen LogP contribution in [0.15, 0.2) is 70.3 Å². The maximum absolute atomic E-state index is 12.4. The minimum Gasteiger partial charge on any atom is -0.282 e. The molecule has 0 atom stereocenters. The zero-order valence-corrected chi connectivity index (χ0v) is 15.0. The molecule has 0 saturated heterocycles. The van der Waals surface area contributed by atoms with Crippen LogP contribution in [0, 0.1) is 12.3 Å². The van der Waals surface area contributed by atoms with Gasteiger partial charge in [-0.2, -0.15) is 15.1 Å². The molecule has 0 radical (unpaired) electrons. The largest absolute Gasteiger partial charge is 0.283 e. The molecule has 2 aromatic rings. The zero-order valence-electron chi connectivity index (χ0n) is 14.1. The van der Waals surface area contributed by atoms with Gasteiger partial charge < -0.3 is 0 Å². The monoisotopic (exact) mass is 360 g/mol. The van der Waals surface area contributed by atoms with Crippen LogP contribution in [0.4, 0.5) is 0 Å². The Labute approximate surface area is 155 Å². The normalized spacial score (nSPS) is 18.0. The second-order valence-electron chi connectivity index (χ2n) is 6.09. The molecule has 0 aliphatic carbocycles. The van der Waals surface area contributed by atoms with E-state index in [0.29, 0.717) is 11.6 Å². The van der Waals surface area contributed by atoms with E-state index < -0.39 is 5.91 Å². The molecule has 2 aliphatic heterocycles. The fourth-order valence-electron chi connectivity index (χ4n) is 2.70. The number of amidine groups is 2. The first-order valence-electron chi connectivity index (χ1n) is 8.20. The molecule has 0 saturated carbocycles. The van der Waals surface area contributed by atoms with Crippen molar-refractivity contribution in [2.45, 2.75) is 13.3 Å². The Bertz CT molecular complexity index is 975. The number of hydrazone groups is 1. The summed E-state index contributed by atoms with van der Waals surface area (Å²) in [5.74, 6) is -0.332. The Balaban J connectivity index is 1.61. The molecule has 1 N–H and O–H groups in total. The molecule has 0 spiro atoms. The van der Waals surface area contributed by atoms with Crippen molar-refractivity contribution in [1.82, 2.24) is 5.01 Å². The number of aliphatic imine (C=N–C) groups is 1. The molecule has 2 aliphatic rings. The van der Waals surface area contributed by atoms with E-state index in [9.17, 15) is 4.79 Å². The van der Waals surface area contributed by atoms with Gasteiger partial charge in [-0.25, -0.2) is 0 Å². The molecule has 0 bridgehead atoms. The Morgan fingerprint density at radius 3 is 2.58 bits per heavy atom. The molecule has 4 rings (SSSR count). The van der Waals surface area contributed by atoms with Crippen molar-refractivity contribution in [1.29, 1.82) is 5.41 Å². The van der Waals surface area contributed by atoms with Gasteiger partial charge in [0.1, 0.15) is 5.04 Å². The summed E-state index contributed by atoms with van der Waals surface area (Å²) in [5.41, 5.74) is 3.39. The first kappa shape index (κ1) is 16.5. The number of hydrogen-bond donors (Lipinski definition) is 1. The highest BCUT2D eigenvalue weighted by molar-refractivity contribution is 8.26. The quantitative estimate of drug-likeness (QED) is 0.845. The third-order valence-corrected chi connectivity index (χ3v) is 4.99. The van der Waals surface area contributed by atoms with E-state index in [1.807, 2.05) is 61.5 Å². The predicted octanol–water partition coefficient (Wildman–Crippen LogP) is 3.86. The van der Waals surface area contributed by atoms with Crippen molar-refractivity contribution in [3.05, 3.63) is 76.9 Å². The number of carbonyl (C=O) groups excluding carboxylic acids is 1. The zero-order chi connectivity index (χ0) is 18.1. The fraction of sp³-hybridized carbons (Fsp3) is 0.100. The summed E-state index contributed by atoms with van der Waals surface area (Å²) < 4.78 is 0. The van der Waals surface area contributed by atoms with Gasteiger partial charge >= 0.3 is 0 Å². The lowest BCUT2D eigenvalue weighted by molar-refractivity contribution is -0.114. The lowest BCUT2D eigenvalue weighted by Crippen LogP contribution is -2.35. The summed E-state index contributed by atoms with van der Waals surface area (Å²) in [6.07, 6.45) is 2.35. The van der Waals surface area contributed by atoms with Gasteiger partial charge in [-0.05, 0) is 35.9 Å². The number of hydrogen-bond acceptors (Lipinski definition) is 4. The number of thioether (sulfide) groups is 1. The SMILES string of the molecule is Cc1ccc(/C=C2\C(=N)N3N=C(Cc4ccccc4)SC3=NC2=O)cc1. The highest BCUT2D eigenvalue weighted by Crippen LogP contribution is 2.29. The molecule has 6 heteroatoms. The molecule has 0 aromatic heterocycles. The Morgan fingerprint density at radius 1 is 1.12 bits per heavy atom. The average Bonchev–Trinajstić information content (AvgIpc) is 3.03. The summed E-state index contributed by atoms with van der Waals surface area (Å²) >= 11 is 1.34. The molecule has 26 heavy (non-hydrogen) atoms. The number of rotatable bonds is 3. The second kappa shape index (κ2) is 6.72. The Hall–Kier alpha value is -2.99. The van der Waals surface area contributed by atoms with Gasteiger partial charge in [0.05, 0.1) is 5.57 Å². The summed E-state index contributed by atoms with van der Waals surface area (Å²) in [6, 6.07) is 17.8. The third-order valence-electron chi connectivity index (χ3n) is 4.08. The van der Waals surface area contributed by atoms with Gasteiger partial charge in [0.2, 0.25) is 5.17 Å². The van der Waals surface area contributed by atoms with Crippen LogP contribution in [0.5, 0.6) is 0 Å². The van der Waals surface area contributed by atoms with Crippen LogP contribution in [0.2, 0.25) is 0 Å². The number of nitrogens with one attached hydrogen (secondary N) is 1. The van der Waals surface area contributed by atoms with Crippen LogP contribution in [-0.4, -0.2) is 27.0 Å². The molecule has 5 nitrogen and oxygen atoms in total. The van der Waals surface area contributed by atoms with Crippen molar-refractivity contribution in [2.75, 3.05) is 0 Å². The van der Waals surface area contributed by atoms with Gasteiger partial charge in [-0.1, -0.05) is 60.2 Å². The van der Waals surface area contributed by atoms with Crippen LogP contribution in [-0.2, 0) is 11.2 Å². The van der Waals surface area contributed by atoms with Crippen molar-refractivity contribution in [3.63, 3.8) is 0 Å². The standard InChI is InChI=1S/C20H16N4OS/c1-13-7-9-15(10-8-13)11-16-18(21)24-20(22-19(16)25)26-17(23-24)12-14-5-3-2-4-6-14/h2-11,21H,12H2,1H3/b16-11+,21-18?. The molecular weight excluding hydrogens is 344 g/mol. The summed E-state index contributed by atoms with van der Waals surface area (Å²) in [7, 11) is 0. The Morgan fingerprint density at radius 2 is 1.85 bits per heavy atom. The number of fused-ring (bicyclic) bond motifs is 1. The number of benzene rings is 2. The maximum Gasteiger partial charge on any atom is 0.283 e. The molecule has 128 valence electrons. The third kappa shape index (κ3) is 3.23. The smallest absolute Gasteiger partial charge is 0.282 e. The van der Waals surface area contributed by atoms with E-state index >= 15 is 0 Å². The molecule has 0 unspecified atom stereocenters. The van der Waals surface area contributed by atoms with Gasteiger partial charge in [0, 0.05) is 6.42 Å². The summed E-state index contributed by atoms with van der Waals surface area (Å²) in [4.78, 5) is 16.5. The van der Waals surface area contributed by atoms with E-state index in [1.165, 1.54) is 16.8 Å². The summed E-state index contributed by atoms with van der Waals surface area (Å²) in [5, 5.41) is 15.6. The fourth-order valence-corrected chi connectivity index (χ4v) is 3.62. The number of amides is 1. The van der Waals surface area contributed by atoms with Crippen LogP contribution in [0.3, 0.4) is 0 Å². The van der Waals surface area contributed by atoms with E-state index in [0.717, 1.165) is 21.7 Å². The minimum absolute atomic E-state index is 0.0659. The first-order valence-corrected chi connectivity index (χ1v) is 9.01. The van der Waals surface area contributed by atoms with E-state index in [2.05, 4.69) is 10.1 Å². The van der Waals surface area contributed by atoms with Crippen LogP contribution in [0.25, 0.3) is 6.08 Å². The molecule has 1 amide bonds. The average molecular weight is 360 g/mol. The van der Waals surface area contributed by atoms with Gasteiger partial charge in [0.15, 0.2) is 5.84 Å². The molecular formula is C20H16N4OS. The van der Waals surface area contributed by atoms with Crippen LogP contribution < -0.4 is 0 Å². The predicted molar refractivity (Wildman–Crippen MR) is 106 cm³/mol. The summed E-state index contributed by atoms with van der Waals surface area (Å²) in [6.45, 7) is 2.01. The van der Waals surface area contributed by atoms with E-state index in [4.69, 9.17) is 5.41 Å². The lowest BCUT2D eigenvalue weighted by Gasteiger charge is -2.20. The van der Waals surface area contributed by atoms with Crippen molar-refractivity contribution >= 4 is 39.8 Å². The van der Waals surface area contributed by atoms with Crippen molar-refractivity contribution in [3.8, 4) is 0 Å². The highest BCUT2D eigenvalue weighted by Gasteiger charge is 2.35. The van der Waals surface area contributed by atoms with Crippen LogP contribution >= 0.6 is 11.8 Å². The van der Waals surface area contributed by atoms with Gasteiger partial charge in [-0.15, -0.1) is 0 Å². The van der Waals surface area contributed by atoms with Gasteiger partial charge in [-0.3, -0.25) is 10.2 Å². The second-order valence-corrected chi connectivity index (χ2v) is 7.13. The number of aryl methyl sites for hydroxylation is 1. The van der Waals surface area contributed by atoms with Gasteiger partial charge in [0.25, 0.3) is 5.91 Å². The van der Waals surface area contributed by atoms with E-state index in [-0.39, 0.29) is 11.4 Å². The van der Waals surface area contributed by atoms with Crippen LogP contribution in [0.1, 0.15) is 16.7 Å². The maximum atomic E-state index is 12.4. The van der Waals surface area contributed by atoms with E-state index in [1.54, 1.807) is 6.08 Å². The lowest BCUT2D eigenvalue weighted by atomic mass is 10.1.